The van der Waals surface area contributed by atoms with Gasteiger partial charge in [-0.25, -0.2) is 8.42 Å². The Morgan fingerprint density at radius 3 is 2.16 bits per heavy atom. The van der Waals surface area contributed by atoms with Crippen molar-refractivity contribution in [1.29, 1.82) is 0 Å². The highest BCUT2D eigenvalue weighted by atomic mass is 32.2. The Labute approximate surface area is 114 Å². The van der Waals surface area contributed by atoms with Gasteiger partial charge < -0.3 is 5.73 Å². The summed E-state index contributed by atoms with van der Waals surface area (Å²) in [6.07, 6.45) is 4.64. The first-order valence-corrected chi connectivity index (χ1v) is 8.35. The Hall–Kier alpha value is -1.07. The van der Waals surface area contributed by atoms with E-state index in [0.29, 0.717) is 35.5 Å². The highest BCUT2D eigenvalue weighted by molar-refractivity contribution is 7.89. The zero-order valence-corrected chi connectivity index (χ0v) is 11.8. The first kappa shape index (κ1) is 12.9. The highest BCUT2D eigenvalue weighted by Crippen LogP contribution is 2.36. The largest absolute Gasteiger partial charge is 0.399 e. The van der Waals surface area contributed by atoms with Crippen LogP contribution in [0.3, 0.4) is 0 Å². The molecule has 2 saturated carbocycles. The molecule has 19 heavy (non-hydrogen) atoms. The van der Waals surface area contributed by atoms with E-state index in [1.165, 1.54) is 0 Å². The number of anilines is 1. The van der Waals surface area contributed by atoms with Crippen molar-refractivity contribution < 1.29 is 8.42 Å². The lowest BCUT2D eigenvalue weighted by Gasteiger charge is -2.22. The number of nitrogens with zero attached hydrogens (tertiary/aromatic N) is 1. The number of benzene rings is 1. The molecule has 1 aromatic rings. The van der Waals surface area contributed by atoms with Gasteiger partial charge in [0.1, 0.15) is 0 Å². The minimum atomic E-state index is -3.38. The zero-order chi connectivity index (χ0) is 13.5. The highest BCUT2D eigenvalue weighted by Gasteiger charge is 2.35. The van der Waals surface area contributed by atoms with Crippen LogP contribution in [-0.2, 0) is 10.0 Å². The van der Waals surface area contributed by atoms with Crippen molar-refractivity contribution >= 4 is 15.7 Å². The lowest BCUT2D eigenvalue weighted by atomic mass is 10.3. The fourth-order valence-electron chi connectivity index (χ4n) is 2.27. The zero-order valence-electron chi connectivity index (χ0n) is 11.0. The summed E-state index contributed by atoms with van der Waals surface area (Å²) in [5.41, 5.74) is 6.20. The smallest absolute Gasteiger partial charge is 0.243 e. The molecule has 3 rings (SSSR count). The maximum absolute atomic E-state index is 12.7. The Bertz CT molecular complexity index is 549. The molecule has 0 amide bonds. The maximum Gasteiger partial charge on any atom is 0.243 e. The van der Waals surface area contributed by atoms with Crippen molar-refractivity contribution in [3.8, 4) is 0 Å². The van der Waals surface area contributed by atoms with Crippen LogP contribution in [-0.4, -0.2) is 25.8 Å². The van der Waals surface area contributed by atoms with Gasteiger partial charge >= 0.3 is 0 Å². The molecule has 104 valence electrons. The molecule has 2 fully saturated rings. The van der Waals surface area contributed by atoms with Crippen molar-refractivity contribution in [3.63, 3.8) is 0 Å². The van der Waals surface area contributed by atoms with E-state index in [-0.39, 0.29) is 0 Å². The monoisotopic (exact) mass is 280 g/mol. The summed E-state index contributed by atoms with van der Waals surface area (Å²) in [6.45, 7) is 1.35. The van der Waals surface area contributed by atoms with Gasteiger partial charge in [0.15, 0.2) is 0 Å². The number of sulfonamides is 1. The van der Waals surface area contributed by atoms with Gasteiger partial charge in [-0.05, 0) is 55.7 Å². The molecule has 0 bridgehead atoms. The molecule has 0 aromatic heterocycles. The van der Waals surface area contributed by atoms with Crippen LogP contribution < -0.4 is 5.73 Å². The maximum atomic E-state index is 12.7. The van der Waals surface area contributed by atoms with Crippen LogP contribution in [0, 0.1) is 11.8 Å². The third kappa shape index (κ3) is 3.09. The quantitative estimate of drug-likeness (QED) is 0.811. The lowest BCUT2D eigenvalue weighted by molar-refractivity contribution is 0.382. The molecular weight excluding hydrogens is 260 g/mol. The van der Waals surface area contributed by atoms with Crippen LogP contribution in [0.4, 0.5) is 5.69 Å². The van der Waals surface area contributed by atoms with Crippen LogP contribution in [0.5, 0.6) is 0 Å². The van der Waals surface area contributed by atoms with Crippen molar-refractivity contribution in [2.45, 2.75) is 30.6 Å². The van der Waals surface area contributed by atoms with Gasteiger partial charge in [-0.1, -0.05) is 6.07 Å². The lowest BCUT2D eigenvalue weighted by Crippen LogP contribution is -2.34. The normalized spacial score (nSPS) is 19.8. The summed E-state index contributed by atoms with van der Waals surface area (Å²) in [5, 5.41) is 0. The van der Waals surface area contributed by atoms with E-state index in [0.717, 1.165) is 25.7 Å². The molecule has 0 unspecified atom stereocenters. The summed E-state index contributed by atoms with van der Waals surface area (Å²) < 4.78 is 27.0. The molecular formula is C14H20N2O2S. The second-order valence-corrected chi connectivity index (χ2v) is 7.72. The molecule has 2 aliphatic carbocycles. The van der Waals surface area contributed by atoms with Crippen molar-refractivity contribution in [3.05, 3.63) is 24.3 Å². The second-order valence-electron chi connectivity index (χ2n) is 5.78. The van der Waals surface area contributed by atoms with Crippen LogP contribution >= 0.6 is 0 Å². The van der Waals surface area contributed by atoms with Crippen molar-refractivity contribution in [1.82, 2.24) is 4.31 Å². The SMILES string of the molecule is Nc1cccc(S(=O)(=O)N(CC2CC2)CC2CC2)c1. The molecule has 1 aromatic carbocycles. The first-order valence-electron chi connectivity index (χ1n) is 6.91. The van der Waals surface area contributed by atoms with Gasteiger partial charge in [-0.2, -0.15) is 4.31 Å². The predicted octanol–water partition coefficient (Wildman–Crippen LogP) is 2.08. The van der Waals surface area contributed by atoms with Crippen LogP contribution in [0.1, 0.15) is 25.7 Å². The average Bonchev–Trinajstić information content (AvgIpc) is 3.23. The van der Waals surface area contributed by atoms with Crippen LogP contribution in [0.15, 0.2) is 29.2 Å². The Balaban J connectivity index is 1.85. The van der Waals surface area contributed by atoms with E-state index in [4.69, 9.17) is 5.73 Å². The molecule has 2 N–H and O–H groups in total. The molecule has 0 saturated heterocycles. The molecule has 0 radical (unpaired) electrons. The van der Waals surface area contributed by atoms with Crippen molar-refractivity contribution in [2.75, 3.05) is 18.8 Å². The van der Waals surface area contributed by atoms with E-state index < -0.39 is 10.0 Å². The fourth-order valence-corrected chi connectivity index (χ4v) is 3.92. The number of nitrogens with two attached hydrogens (primary N) is 1. The van der Waals surface area contributed by atoms with Gasteiger partial charge in [-0.15, -0.1) is 0 Å². The van der Waals surface area contributed by atoms with E-state index in [9.17, 15) is 8.42 Å². The third-order valence-electron chi connectivity index (χ3n) is 3.81. The van der Waals surface area contributed by atoms with Crippen LogP contribution in [0.2, 0.25) is 0 Å². The van der Waals surface area contributed by atoms with E-state index >= 15 is 0 Å². The Kier molecular flexibility index (Phi) is 3.27. The molecule has 2 aliphatic rings. The second kappa shape index (κ2) is 4.80. The molecule has 0 aliphatic heterocycles. The molecule has 0 spiro atoms. The van der Waals surface area contributed by atoms with E-state index in [2.05, 4.69) is 0 Å². The van der Waals surface area contributed by atoms with Gasteiger partial charge in [0.25, 0.3) is 0 Å². The number of rotatable bonds is 6. The summed E-state index contributed by atoms with van der Waals surface area (Å²) in [6, 6.07) is 6.61. The van der Waals surface area contributed by atoms with Gasteiger partial charge in [0, 0.05) is 18.8 Å². The molecule has 5 heteroatoms. The van der Waals surface area contributed by atoms with E-state index in [1.54, 1.807) is 28.6 Å². The molecule has 4 nitrogen and oxygen atoms in total. The topological polar surface area (TPSA) is 63.4 Å². The Morgan fingerprint density at radius 2 is 1.68 bits per heavy atom. The minimum absolute atomic E-state index is 0.328. The standard InChI is InChI=1S/C14H20N2O2S/c15-13-2-1-3-14(8-13)19(17,18)16(9-11-4-5-11)10-12-6-7-12/h1-3,8,11-12H,4-7,9-10,15H2. The van der Waals surface area contributed by atoms with Gasteiger partial charge in [0.05, 0.1) is 4.90 Å². The van der Waals surface area contributed by atoms with E-state index in [1.807, 2.05) is 0 Å². The predicted molar refractivity (Wildman–Crippen MR) is 75.1 cm³/mol. The molecule has 0 heterocycles. The fraction of sp³-hybridized carbons (Fsp3) is 0.571. The summed E-state index contributed by atoms with van der Waals surface area (Å²) in [4.78, 5) is 0.328. The summed E-state index contributed by atoms with van der Waals surface area (Å²) >= 11 is 0. The summed E-state index contributed by atoms with van der Waals surface area (Å²) in [7, 11) is -3.38. The number of hydrogen-bond acceptors (Lipinski definition) is 3. The third-order valence-corrected chi connectivity index (χ3v) is 5.64. The Morgan fingerprint density at radius 1 is 1.11 bits per heavy atom. The van der Waals surface area contributed by atoms with Crippen molar-refractivity contribution in [2.24, 2.45) is 11.8 Å². The van der Waals surface area contributed by atoms with Crippen LogP contribution in [0.25, 0.3) is 0 Å². The summed E-state index contributed by atoms with van der Waals surface area (Å²) in [5.74, 6) is 1.13. The molecule has 0 atom stereocenters. The van der Waals surface area contributed by atoms with Gasteiger partial charge in [-0.3, -0.25) is 0 Å². The number of nitrogen functional groups attached to an aromatic ring is 1. The minimum Gasteiger partial charge on any atom is -0.399 e. The average molecular weight is 280 g/mol. The number of hydrogen-bond donors (Lipinski definition) is 1. The van der Waals surface area contributed by atoms with Gasteiger partial charge in [0.2, 0.25) is 10.0 Å². The first-order chi connectivity index (χ1) is 9.05.